The minimum Gasteiger partial charge on any atom is -0.330 e. The highest BCUT2D eigenvalue weighted by Gasteiger charge is 2.19. The van der Waals surface area contributed by atoms with Gasteiger partial charge < -0.3 is 10.6 Å². The van der Waals surface area contributed by atoms with E-state index in [2.05, 4.69) is 13.8 Å². The zero-order valence-electron chi connectivity index (χ0n) is 11.0. The minimum atomic E-state index is -2.86. The molecule has 0 rings (SSSR count). The van der Waals surface area contributed by atoms with E-state index in [1.165, 1.54) is 0 Å². The van der Waals surface area contributed by atoms with Crippen molar-refractivity contribution in [3.05, 3.63) is 0 Å². The average molecular weight is 250 g/mol. The van der Waals surface area contributed by atoms with Gasteiger partial charge in [-0.2, -0.15) is 0 Å². The number of sulfone groups is 1. The van der Waals surface area contributed by atoms with Crippen LogP contribution in [0.5, 0.6) is 0 Å². The maximum atomic E-state index is 11.5. The van der Waals surface area contributed by atoms with Gasteiger partial charge in [0.25, 0.3) is 0 Å². The van der Waals surface area contributed by atoms with Crippen LogP contribution >= 0.6 is 0 Å². The fraction of sp³-hybridized carbons (Fsp3) is 1.00. The first-order valence-electron chi connectivity index (χ1n) is 5.81. The Morgan fingerprint density at radius 1 is 1.25 bits per heavy atom. The predicted molar refractivity (Wildman–Crippen MR) is 69.3 cm³/mol. The second-order valence-corrected chi connectivity index (χ2v) is 7.56. The third kappa shape index (κ3) is 7.19. The monoisotopic (exact) mass is 250 g/mol. The molecule has 0 spiro atoms. The highest BCUT2D eigenvalue weighted by atomic mass is 32.2. The first-order valence-corrected chi connectivity index (χ1v) is 7.63. The van der Waals surface area contributed by atoms with E-state index in [0.717, 1.165) is 6.54 Å². The van der Waals surface area contributed by atoms with Gasteiger partial charge in [0.15, 0.2) is 9.84 Å². The highest BCUT2D eigenvalue weighted by Crippen LogP contribution is 2.13. The van der Waals surface area contributed by atoms with Crippen molar-refractivity contribution < 1.29 is 8.42 Å². The lowest BCUT2D eigenvalue weighted by Gasteiger charge is -2.28. The van der Waals surface area contributed by atoms with Crippen LogP contribution in [0, 0.1) is 5.41 Å². The molecule has 0 aliphatic heterocycles. The lowest BCUT2D eigenvalue weighted by Crippen LogP contribution is -2.38. The van der Waals surface area contributed by atoms with Gasteiger partial charge in [0.1, 0.15) is 0 Å². The van der Waals surface area contributed by atoms with Crippen LogP contribution in [0.25, 0.3) is 0 Å². The molecule has 0 fully saturated rings. The first-order chi connectivity index (χ1) is 7.22. The molecule has 0 aromatic heterocycles. The Bertz CT molecular complexity index is 286. The third-order valence-electron chi connectivity index (χ3n) is 2.55. The van der Waals surface area contributed by atoms with E-state index in [9.17, 15) is 8.42 Å². The molecule has 0 bridgehead atoms. The van der Waals surface area contributed by atoms with Crippen molar-refractivity contribution in [3.8, 4) is 0 Å². The van der Waals surface area contributed by atoms with Crippen LogP contribution in [-0.2, 0) is 9.84 Å². The Labute approximate surface area is 100 Å². The van der Waals surface area contributed by atoms with Crippen molar-refractivity contribution in [2.24, 2.45) is 11.1 Å². The van der Waals surface area contributed by atoms with Crippen LogP contribution in [0.3, 0.4) is 0 Å². The van der Waals surface area contributed by atoms with Gasteiger partial charge >= 0.3 is 0 Å². The molecule has 0 saturated carbocycles. The van der Waals surface area contributed by atoms with E-state index in [0.29, 0.717) is 25.3 Å². The van der Waals surface area contributed by atoms with Gasteiger partial charge in [0, 0.05) is 18.8 Å². The van der Waals surface area contributed by atoms with Crippen LogP contribution in [0.4, 0.5) is 0 Å². The van der Waals surface area contributed by atoms with E-state index in [1.54, 1.807) is 0 Å². The SMILES string of the molecule is CCCS(=O)(=O)CCN(C)CC(C)(C)CN. The molecule has 0 amide bonds. The van der Waals surface area contributed by atoms with Crippen molar-refractivity contribution in [1.29, 1.82) is 0 Å². The molecular formula is C11H26N2O2S. The Hall–Kier alpha value is -0.130. The van der Waals surface area contributed by atoms with Gasteiger partial charge in [-0.3, -0.25) is 0 Å². The maximum Gasteiger partial charge on any atom is 0.151 e. The predicted octanol–water partition coefficient (Wildman–Crippen LogP) is 0.728. The van der Waals surface area contributed by atoms with E-state index in [4.69, 9.17) is 5.73 Å². The summed E-state index contributed by atoms with van der Waals surface area (Å²) >= 11 is 0. The summed E-state index contributed by atoms with van der Waals surface area (Å²) in [4.78, 5) is 2.04. The van der Waals surface area contributed by atoms with Crippen LogP contribution in [0.1, 0.15) is 27.2 Å². The first kappa shape index (κ1) is 15.9. The van der Waals surface area contributed by atoms with Gasteiger partial charge in [0.05, 0.1) is 5.75 Å². The number of nitrogens with zero attached hydrogens (tertiary/aromatic N) is 1. The summed E-state index contributed by atoms with van der Waals surface area (Å²) in [5.74, 6) is 0.541. The van der Waals surface area contributed by atoms with Gasteiger partial charge in [-0.05, 0) is 25.4 Å². The Kier molecular flexibility index (Phi) is 6.51. The largest absolute Gasteiger partial charge is 0.330 e. The van der Waals surface area contributed by atoms with Crippen molar-refractivity contribution in [2.75, 3.05) is 38.2 Å². The molecule has 5 heteroatoms. The fourth-order valence-corrected chi connectivity index (χ4v) is 3.00. The molecule has 0 aromatic carbocycles. The van der Waals surface area contributed by atoms with Gasteiger partial charge in [0.2, 0.25) is 0 Å². The summed E-state index contributed by atoms with van der Waals surface area (Å²) in [5, 5.41) is 0. The smallest absolute Gasteiger partial charge is 0.151 e. The topological polar surface area (TPSA) is 63.4 Å². The lowest BCUT2D eigenvalue weighted by molar-refractivity contribution is 0.224. The molecule has 0 aliphatic rings. The molecule has 0 heterocycles. The van der Waals surface area contributed by atoms with Crippen LogP contribution < -0.4 is 5.73 Å². The van der Waals surface area contributed by atoms with E-state index in [1.807, 2.05) is 18.9 Å². The van der Waals surface area contributed by atoms with Crippen LogP contribution in [-0.4, -0.2) is 51.5 Å². The normalized spacial score (nSPS) is 13.4. The Morgan fingerprint density at radius 3 is 2.25 bits per heavy atom. The van der Waals surface area contributed by atoms with Crippen molar-refractivity contribution in [1.82, 2.24) is 4.90 Å². The number of hydrogen-bond donors (Lipinski definition) is 1. The summed E-state index contributed by atoms with van der Waals surface area (Å²) in [6.45, 7) is 8.09. The standard InChI is InChI=1S/C11H26N2O2S/c1-5-7-16(14,15)8-6-13(4)10-11(2,3)9-12/h5-10,12H2,1-4H3. The second kappa shape index (κ2) is 6.57. The van der Waals surface area contributed by atoms with E-state index in [-0.39, 0.29) is 11.2 Å². The summed E-state index contributed by atoms with van der Waals surface area (Å²) in [6.07, 6.45) is 0.695. The molecule has 0 saturated heterocycles. The molecule has 16 heavy (non-hydrogen) atoms. The third-order valence-corrected chi connectivity index (χ3v) is 4.38. The number of hydrogen-bond acceptors (Lipinski definition) is 4. The second-order valence-electron chi connectivity index (χ2n) is 5.26. The Morgan fingerprint density at radius 2 is 1.81 bits per heavy atom. The molecular weight excluding hydrogens is 224 g/mol. The highest BCUT2D eigenvalue weighted by molar-refractivity contribution is 7.91. The van der Waals surface area contributed by atoms with E-state index < -0.39 is 9.84 Å². The van der Waals surface area contributed by atoms with Crippen molar-refractivity contribution in [2.45, 2.75) is 27.2 Å². The van der Waals surface area contributed by atoms with Gasteiger partial charge in [-0.25, -0.2) is 8.42 Å². The number of rotatable bonds is 8. The molecule has 98 valence electrons. The van der Waals surface area contributed by atoms with E-state index >= 15 is 0 Å². The van der Waals surface area contributed by atoms with Crippen LogP contribution in [0.2, 0.25) is 0 Å². The fourth-order valence-electron chi connectivity index (χ4n) is 1.58. The molecule has 0 aromatic rings. The molecule has 0 unspecified atom stereocenters. The Balaban J connectivity index is 4.04. The molecule has 0 radical (unpaired) electrons. The molecule has 4 nitrogen and oxygen atoms in total. The summed E-state index contributed by atoms with van der Waals surface area (Å²) in [6, 6.07) is 0. The van der Waals surface area contributed by atoms with Crippen molar-refractivity contribution in [3.63, 3.8) is 0 Å². The average Bonchev–Trinajstić information content (AvgIpc) is 2.14. The lowest BCUT2D eigenvalue weighted by atomic mass is 9.93. The summed E-state index contributed by atoms with van der Waals surface area (Å²) in [5.41, 5.74) is 5.68. The quantitative estimate of drug-likeness (QED) is 0.690. The minimum absolute atomic E-state index is 0.0449. The zero-order chi connectivity index (χ0) is 12.8. The molecule has 0 atom stereocenters. The summed E-state index contributed by atoms with van der Waals surface area (Å²) < 4.78 is 23.0. The van der Waals surface area contributed by atoms with Gasteiger partial charge in [-0.1, -0.05) is 20.8 Å². The van der Waals surface area contributed by atoms with Gasteiger partial charge in [-0.15, -0.1) is 0 Å². The zero-order valence-corrected chi connectivity index (χ0v) is 11.8. The maximum absolute atomic E-state index is 11.5. The summed E-state index contributed by atoms with van der Waals surface area (Å²) in [7, 11) is -0.919. The molecule has 2 N–H and O–H groups in total. The van der Waals surface area contributed by atoms with Crippen molar-refractivity contribution >= 4 is 9.84 Å². The van der Waals surface area contributed by atoms with Crippen LogP contribution in [0.15, 0.2) is 0 Å². The molecule has 0 aliphatic carbocycles. The number of nitrogens with two attached hydrogens (primary N) is 1.